The monoisotopic (exact) mass is 296 g/mol. The van der Waals surface area contributed by atoms with Crippen LogP contribution in [0.5, 0.6) is 0 Å². The Kier molecular flexibility index (Phi) is 3.41. The first-order valence-electron chi connectivity index (χ1n) is 8.26. The molecule has 0 N–H and O–H groups in total. The minimum Gasteiger partial charge on any atom is -0.378 e. The maximum Gasteiger partial charge on any atom is 0.0759 e. The van der Waals surface area contributed by atoms with Gasteiger partial charge in [0, 0.05) is 18.4 Å². The molecule has 1 aromatic carbocycles. The highest BCUT2D eigenvalue weighted by molar-refractivity contribution is 5.75. The van der Waals surface area contributed by atoms with Gasteiger partial charge in [0.2, 0.25) is 0 Å². The van der Waals surface area contributed by atoms with Gasteiger partial charge in [-0.15, -0.1) is 0 Å². The minimum atomic E-state index is -0.0711. The second kappa shape index (κ2) is 4.83. The first-order valence-corrected chi connectivity index (χ1v) is 8.26. The molecule has 0 radical (unpaired) electrons. The van der Waals surface area contributed by atoms with Crippen LogP contribution in [-0.2, 0) is 10.2 Å². The lowest BCUT2D eigenvalue weighted by atomic mass is 9.59. The van der Waals surface area contributed by atoms with Gasteiger partial charge in [-0.2, -0.15) is 0 Å². The molecule has 0 saturated heterocycles. The summed E-state index contributed by atoms with van der Waals surface area (Å²) in [5.41, 5.74) is 4.40. The van der Waals surface area contributed by atoms with Gasteiger partial charge in [-0.05, 0) is 35.5 Å². The lowest BCUT2D eigenvalue weighted by molar-refractivity contribution is -0.0461. The fraction of sp³-hybridized carbons (Fsp3) is 0.524. The summed E-state index contributed by atoms with van der Waals surface area (Å²) in [5.74, 6) is 0.372. The van der Waals surface area contributed by atoms with Crippen molar-refractivity contribution in [3.63, 3.8) is 0 Å². The summed E-state index contributed by atoms with van der Waals surface area (Å²) < 4.78 is 5.83. The van der Waals surface area contributed by atoms with Crippen LogP contribution in [0.1, 0.15) is 52.2 Å². The Bertz CT molecular complexity index is 629. The third-order valence-corrected chi connectivity index (χ3v) is 5.58. The van der Waals surface area contributed by atoms with Crippen LogP contribution < -0.4 is 0 Å². The van der Waals surface area contributed by atoms with Gasteiger partial charge in [0.25, 0.3) is 0 Å². The number of ether oxygens (including phenoxy) is 1. The standard InChI is InChI=1S/C21H28O/c1-19(2,3)16-9-7-15(8-10-16)18-13-17-11-12-20(18,4)14-21(17,5)22-6/h7-13,17H,14H2,1-6H3/t17-,20-,21-/m1/s1. The average molecular weight is 296 g/mol. The van der Waals surface area contributed by atoms with Crippen molar-refractivity contribution in [3.8, 4) is 0 Å². The summed E-state index contributed by atoms with van der Waals surface area (Å²) in [6.45, 7) is 11.4. The lowest BCUT2D eigenvalue weighted by Crippen LogP contribution is -2.46. The summed E-state index contributed by atoms with van der Waals surface area (Å²) in [7, 11) is 1.84. The molecule has 3 aliphatic rings. The zero-order valence-corrected chi connectivity index (χ0v) is 14.7. The molecule has 0 heterocycles. The molecule has 3 atom stereocenters. The van der Waals surface area contributed by atoms with E-state index in [0.717, 1.165) is 6.42 Å². The number of hydrogen-bond donors (Lipinski definition) is 0. The van der Waals surface area contributed by atoms with Gasteiger partial charge in [0.05, 0.1) is 5.60 Å². The lowest BCUT2D eigenvalue weighted by Gasteiger charge is -2.50. The third kappa shape index (κ3) is 2.36. The van der Waals surface area contributed by atoms with E-state index in [1.165, 1.54) is 16.7 Å². The van der Waals surface area contributed by atoms with Crippen molar-refractivity contribution in [2.24, 2.45) is 11.3 Å². The van der Waals surface area contributed by atoms with E-state index in [1.54, 1.807) is 0 Å². The number of fused-ring (bicyclic) bond motifs is 1. The van der Waals surface area contributed by atoms with Crippen molar-refractivity contribution >= 4 is 5.57 Å². The van der Waals surface area contributed by atoms with E-state index in [-0.39, 0.29) is 16.4 Å². The Morgan fingerprint density at radius 2 is 1.73 bits per heavy atom. The molecule has 0 aromatic heterocycles. The van der Waals surface area contributed by atoms with Crippen LogP contribution in [-0.4, -0.2) is 12.7 Å². The number of benzene rings is 1. The molecule has 1 nitrogen and oxygen atoms in total. The van der Waals surface area contributed by atoms with Crippen molar-refractivity contribution in [3.05, 3.63) is 53.6 Å². The average Bonchev–Trinajstić information content (AvgIpc) is 2.46. The Morgan fingerprint density at radius 1 is 1.09 bits per heavy atom. The summed E-state index contributed by atoms with van der Waals surface area (Å²) >= 11 is 0. The highest BCUT2D eigenvalue weighted by atomic mass is 16.5. The zero-order chi connectivity index (χ0) is 16.2. The van der Waals surface area contributed by atoms with Crippen molar-refractivity contribution in [1.82, 2.24) is 0 Å². The molecule has 22 heavy (non-hydrogen) atoms. The molecule has 1 heteroatoms. The third-order valence-electron chi connectivity index (χ3n) is 5.58. The summed E-state index contributed by atoms with van der Waals surface area (Å²) in [6, 6.07) is 9.13. The minimum absolute atomic E-state index is 0.0711. The molecule has 0 saturated carbocycles. The maximum absolute atomic E-state index is 5.83. The molecular formula is C21H28O. The second-order valence-corrected chi connectivity index (χ2v) is 8.40. The number of allylic oxidation sites excluding steroid dienone is 2. The molecule has 0 spiro atoms. The van der Waals surface area contributed by atoms with Crippen molar-refractivity contribution in [1.29, 1.82) is 0 Å². The maximum atomic E-state index is 5.83. The number of hydrogen-bond acceptors (Lipinski definition) is 1. The number of rotatable bonds is 2. The normalized spacial score (nSPS) is 33.9. The van der Waals surface area contributed by atoms with Gasteiger partial charge in [0.1, 0.15) is 0 Å². The Hall–Kier alpha value is -1.34. The van der Waals surface area contributed by atoms with Gasteiger partial charge in [-0.3, -0.25) is 0 Å². The van der Waals surface area contributed by atoms with Gasteiger partial charge in [0.15, 0.2) is 0 Å². The van der Waals surface area contributed by atoms with E-state index >= 15 is 0 Å². The summed E-state index contributed by atoms with van der Waals surface area (Å²) in [5, 5.41) is 0. The van der Waals surface area contributed by atoms with Crippen LogP contribution in [0.2, 0.25) is 0 Å². The highest BCUT2D eigenvalue weighted by Crippen LogP contribution is 2.54. The molecule has 1 aromatic rings. The molecule has 0 unspecified atom stereocenters. The summed E-state index contributed by atoms with van der Waals surface area (Å²) in [6.07, 6.45) is 8.16. The summed E-state index contributed by atoms with van der Waals surface area (Å²) in [4.78, 5) is 0. The van der Waals surface area contributed by atoms with Crippen LogP contribution in [0, 0.1) is 11.3 Å². The predicted molar refractivity (Wildman–Crippen MR) is 93.9 cm³/mol. The molecule has 0 amide bonds. The SMILES string of the molecule is CO[C@]1(C)C[C@@]2(C)C=C[C@@H]1C=C2c1ccc(C(C)(C)C)cc1. The quantitative estimate of drug-likeness (QED) is 0.667. The topological polar surface area (TPSA) is 9.23 Å². The fourth-order valence-corrected chi connectivity index (χ4v) is 4.00. The largest absolute Gasteiger partial charge is 0.378 e. The predicted octanol–water partition coefficient (Wildman–Crippen LogP) is 5.37. The fourth-order valence-electron chi connectivity index (χ4n) is 4.00. The Labute approximate surface area is 135 Å². The molecule has 118 valence electrons. The van der Waals surface area contributed by atoms with E-state index in [9.17, 15) is 0 Å². The van der Waals surface area contributed by atoms with E-state index < -0.39 is 0 Å². The first kappa shape index (κ1) is 15.6. The van der Waals surface area contributed by atoms with E-state index in [2.05, 4.69) is 77.1 Å². The Balaban J connectivity index is 1.99. The molecule has 0 aliphatic heterocycles. The van der Waals surface area contributed by atoms with Crippen molar-refractivity contribution < 1.29 is 4.74 Å². The van der Waals surface area contributed by atoms with Crippen LogP contribution in [0.3, 0.4) is 0 Å². The zero-order valence-electron chi connectivity index (χ0n) is 14.7. The molecule has 4 rings (SSSR count). The molecule has 2 bridgehead atoms. The van der Waals surface area contributed by atoms with Crippen molar-refractivity contribution in [2.75, 3.05) is 7.11 Å². The van der Waals surface area contributed by atoms with Gasteiger partial charge >= 0.3 is 0 Å². The van der Waals surface area contributed by atoms with E-state index in [0.29, 0.717) is 5.92 Å². The van der Waals surface area contributed by atoms with Crippen LogP contribution >= 0.6 is 0 Å². The van der Waals surface area contributed by atoms with E-state index in [4.69, 9.17) is 4.74 Å². The van der Waals surface area contributed by atoms with Crippen LogP contribution in [0.15, 0.2) is 42.5 Å². The number of methoxy groups -OCH3 is 1. The first-order chi connectivity index (χ1) is 10.2. The van der Waals surface area contributed by atoms with Gasteiger partial charge < -0.3 is 4.74 Å². The van der Waals surface area contributed by atoms with Crippen LogP contribution in [0.4, 0.5) is 0 Å². The van der Waals surface area contributed by atoms with Crippen LogP contribution in [0.25, 0.3) is 5.57 Å². The van der Waals surface area contributed by atoms with Gasteiger partial charge in [-0.1, -0.05) is 70.2 Å². The second-order valence-electron chi connectivity index (χ2n) is 8.40. The molecule has 3 aliphatic carbocycles. The highest BCUT2D eigenvalue weighted by Gasteiger charge is 2.48. The van der Waals surface area contributed by atoms with Crippen molar-refractivity contribution in [2.45, 2.75) is 52.1 Å². The van der Waals surface area contributed by atoms with Gasteiger partial charge in [-0.25, -0.2) is 0 Å². The molecular weight excluding hydrogens is 268 g/mol. The smallest absolute Gasteiger partial charge is 0.0759 e. The molecule has 0 fully saturated rings. The van der Waals surface area contributed by atoms with E-state index in [1.807, 2.05) is 7.11 Å². The Morgan fingerprint density at radius 3 is 2.23 bits per heavy atom.